The molecule has 5 nitrogen and oxygen atoms in total. The molecule has 0 spiro atoms. The van der Waals surface area contributed by atoms with E-state index >= 15 is 0 Å². The lowest BCUT2D eigenvalue weighted by atomic mass is 10.0. The Bertz CT molecular complexity index is 684. The van der Waals surface area contributed by atoms with E-state index < -0.39 is 0 Å². The van der Waals surface area contributed by atoms with Gasteiger partial charge in [0.1, 0.15) is 11.6 Å². The van der Waals surface area contributed by atoms with Crippen LogP contribution in [0, 0.1) is 13.8 Å². The van der Waals surface area contributed by atoms with Crippen LogP contribution in [0.5, 0.6) is 0 Å². The van der Waals surface area contributed by atoms with Gasteiger partial charge in [-0.3, -0.25) is 5.32 Å². The zero-order valence-corrected chi connectivity index (χ0v) is 13.6. The number of urea groups is 1. The van der Waals surface area contributed by atoms with Gasteiger partial charge in [-0.2, -0.15) is 0 Å². The van der Waals surface area contributed by atoms with Crippen LogP contribution in [0.1, 0.15) is 29.8 Å². The Morgan fingerprint density at radius 2 is 2.04 bits per heavy atom. The van der Waals surface area contributed by atoms with Gasteiger partial charge in [-0.1, -0.05) is 29.8 Å². The number of hydrogen-bond donors (Lipinski definition) is 1. The Hall–Kier alpha value is -2.43. The number of nitrogens with zero attached hydrogens (tertiary/aromatic N) is 3. The third kappa shape index (κ3) is 3.86. The number of likely N-dealkylation sites (tertiary alicyclic amines) is 1. The second-order valence-corrected chi connectivity index (χ2v) is 6.10. The van der Waals surface area contributed by atoms with Crippen molar-refractivity contribution in [2.24, 2.45) is 0 Å². The van der Waals surface area contributed by atoms with Crippen LogP contribution in [0.4, 0.5) is 10.6 Å². The SMILES string of the molecule is Cc1ccc(CC2CCCN2C(=O)Nc2ccnc(C)n2)cc1. The third-order valence-electron chi connectivity index (χ3n) is 4.24. The molecule has 1 saturated heterocycles. The fraction of sp³-hybridized carbons (Fsp3) is 0.389. The molecule has 2 aromatic rings. The van der Waals surface area contributed by atoms with E-state index in [0.717, 1.165) is 25.8 Å². The summed E-state index contributed by atoms with van der Waals surface area (Å²) in [7, 11) is 0. The number of amides is 2. The van der Waals surface area contributed by atoms with E-state index in [0.29, 0.717) is 11.6 Å². The highest BCUT2D eigenvalue weighted by Gasteiger charge is 2.29. The predicted octanol–water partition coefficient (Wildman–Crippen LogP) is 3.33. The standard InChI is InChI=1S/C18H22N4O/c1-13-5-7-15(8-6-13)12-16-4-3-11-22(16)18(23)21-17-9-10-19-14(2)20-17/h5-10,16H,3-4,11-12H2,1-2H3,(H,19,20,21,23). The van der Waals surface area contributed by atoms with Crippen molar-refractivity contribution >= 4 is 11.8 Å². The van der Waals surface area contributed by atoms with Crippen LogP contribution in [0.25, 0.3) is 0 Å². The molecule has 5 heteroatoms. The highest BCUT2D eigenvalue weighted by atomic mass is 16.2. The first-order valence-electron chi connectivity index (χ1n) is 8.04. The summed E-state index contributed by atoms with van der Waals surface area (Å²) >= 11 is 0. The summed E-state index contributed by atoms with van der Waals surface area (Å²) in [6.07, 6.45) is 4.65. The molecule has 0 saturated carbocycles. The van der Waals surface area contributed by atoms with Crippen LogP contribution < -0.4 is 5.32 Å². The number of carbonyl (C=O) groups excluding carboxylic acids is 1. The number of hydrogen-bond acceptors (Lipinski definition) is 3. The lowest BCUT2D eigenvalue weighted by Gasteiger charge is -2.25. The van der Waals surface area contributed by atoms with Gasteiger partial charge in [0, 0.05) is 18.8 Å². The Labute approximate surface area is 136 Å². The summed E-state index contributed by atoms with van der Waals surface area (Å²) in [5.41, 5.74) is 2.53. The van der Waals surface area contributed by atoms with Crippen molar-refractivity contribution in [3.05, 3.63) is 53.5 Å². The molecule has 1 aliphatic heterocycles. The average Bonchev–Trinajstić information content (AvgIpc) is 2.98. The molecule has 1 aliphatic rings. The summed E-state index contributed by atoms with van der Waals surface area (Å²) in [6, 6.07) is 10.4. The molecular weight excluding hydrogens is 288 g/mol. The topological polar surface area (TPSA) is 58.1 Å². The third-order valence-corrected chi connectivity index (χ3v) is 4.24. The maximum atomic E-state index is 12.5. The van der Waals surface area contributed by atoms with Crippen LogP contribution in [-0.2, 0) is 6.42 Å². The number of carbonyl (C=O) groups is 1. The summed E-state index contributed by atoms with van der Waals surface area (Å²) in [4.78, 5) is 22.7. The lowest BCUT2D eigenvalue weighted by Crippen LogP contribution is -2.40. The molecule has 0 aliphatic carbocycles. The van der Waals surface area contributed by atoms with Gasteiger partial charge in [0.05, 0.1) is 0 Å². The van der Waals surface area contributed by atoms with Crippen LogP contribution in [0.2, 0.25) is 0 Å². The van der Waals surface area contributed by atoms with Crippen molar-refractivity contribution in [1.82, 2.24) is 14.9 Å². The maximum Gasteiger partial charge on any atom is 0.323 e. The van der Waals surface area contributed by atoms with Crippen molar-refractivity contribution < 1.29 is 4.79 Å². The van der Waals surface area contributed by atoms with Crippen LogP contribution >= 0.6 is 0 Å². The Kier molecular flexibility index (Phi) is 4.55. The molecule has 1 fully saturated rings. The van der Waals surface area contributed by atoms with E-state index in [1.54, 1.807) is 12.3 Å². The second kappa shape index (κ2) is 6.77. The van der Waals surface area contributed by atoms with Crippen molar-refractivity contribution in [3.8, 4) is 0 Å². The van der Waals surface area contributed by atoms with Crippen LogP contribution in [0.3, 0.4) is 0 Å². The number of rotatable bonds is 3. The van der Waals surface area contributed by atoms with Gasteiger partial charge in [-0.15, -0.1) is 0 Å². The smallest absolute Gasteiger partial charge is 0.321 e. The van der Waals surface area contributed by atoms with E-state index in [2.05, 4.69) is 46.5 Å². The number of nitrogens with one attached hydrogen (secondary N) is 1. The molecule has 0 radical (unpaired) electrons. The number of aromatic nitrogens is 2. The molecule has 1 aromatic heterocycles. The Morgan fingerprint density at radius 3 is 2.78 bits per heavy atom. The van der Waals surface area contributed by atoms with Gasteiger partial charge in [0.2, 0.25) is 0 Å². The van der Waals surface area contributed by atoms with Crippen molar-refractivity contribution in [2.45, 2.75) is 39.2 Å². The van der Waals surface area contributed by atoms with Gasteiger partial charge in [-0.05, 0) is 44.7 Å². The minimum Gasteiger partial charge on any atom is -0.321 e. The molecule has 1 aromatic carbocycles. The quantitative estimate of drug-likeness (QED) is 0.946. The highest BCUT2D eigenvalue weighted by molar-refractivity contribution is 5.88. The summed E-state index contributed by atoms with van der Waals surface area (Å²) < 4.78 is 0. The molecule has 3 rings (SSSR count). The molecular formula is C18H22N4O. The first kappa shape index (κ1) is 15.5. The minimum absolute atomic E-state index is 0.0716. The first-order chi connectivity index (χ1) is 11.1. The maximum absolute atomic E-state index is 12.5. The summed E-state index contributed by atoms with van der Waals surface area (Å²) in [5.74, 6) is 1.21. The zero-order chi connectivity index (χ0) is 16.2. The largest absolute Gasteiger partial charge is 0.323 e. The molecule has 23 heavy (non-hydrogen) atoms. The average molecular weight is 310 g/mol. The van der Waals surface area contributed by atoms with Crippen LogP contribution in [-0.4, -0.2) is 33.5 Å². The van der Waals surface area contributed by atoms with Gasteiger partial charge >= 0.3 is 6.03 Å². The number of aryl methyl sites for hydroxylation is 2. The highest BCUT2D eigenvalue weighted by Crippen LogP contribution is 2.22. The molecule has 120 valence electrons. The minimum atomic E-state index is -0.0716. The van der Waals surface area contributed by atoms with Crippen molar-refractivity contribution in [1.29, 1.82) is 0 Å². The van der Waals surface area contributed by atoms with Gasteiger partial charge in [0.15, 0.2) is 0 Å². The Balaban J connectivity index is 1.66. The molecule has 2 heterocycles. The Morgan fingerprint density at radius 1 is 1.26 bits per heavy atom. The van der Waals surface area contributed by atoms with E-state index in [9.17, 15) is 4.79 Å². The molecule has 1 N–H and O–H groups in total. The number of anilines is 1. The second-order valence-electron chi connectivity index (χ2n) is 6.10. The number of benzene rings is 1. The molecule has 2 amide bonds. The zero-order valence-electron chi connectivity index (χ0n) is 13.6. The lowest BCUT2D eigenvalue weighted by molar-refractivity contribution is 0.206. The predicted molar refractivity (Wildman–Crippen MR) is 90.4 cm³/mol. The van der Waals surface area contributed by atoms with E-state index in [4.69, 9.17) is 0 Å². The fourth-order valence-corrected chi connectivity index (χ4v) is 3.02. The van der Waals surface area contributed by atoms with Crippen LogP contribution in [0.15, 0.2) is 36.5 Å². The van der Waals surface area contributed by atoms with Gasteiger partial charge < -0.3 is 4.90 Å². The van der Waals surface area contributed by atoms with Crippen molar-refractivity contribution in [2.75, 3.05) is 11.9 Å². The summed E-state index contributed by atoms with van der Waals surface area (Å²) in [6.45, 7) is 4.70. The first-order valence-corrected chi connectivity index (χ1v) is 8.04. The molecule has 0 bridgehead atoms. The van der Waals surface area contributed by atoms with E-state index in [1.165, 1.54) is 11.1 Å². The van der Waals surface area contributed by atoms with Gasteiger partial charge in [0.25, 0.3) is 0 Å². The van der Waals surface area contributed by atoms with Gasteiger partial charge in [-0.25, -0.2) is 14.8 Å². The summed E-state index contributed by atoms with van der Waals surface area (Å²) in [5, 5.41) is 2.89. The molecule has 1 unspecified atom stereocenters. The van der Waals surface area contributed by atoms with Crippen molar-refractivity contribution in [3.63, 3.8) is 0 Å². The molecule has 1 atom stereocenters. The normalized spacial score (nSPS) is 17.3. The fourth-order valence-electron chi connectivity index (χ4n) is 3.02. The monoisotopic (exact) mass is 310 g/mol. The van der Waals surface area contributed by atoms with E-state index in [1.807, 2.05) is 11.8 Å². The van der Waals surface area contributed by atoms with E-state index in [-0.39, 0.29) is 12.1 Å².